The first-order valence-electron chi connectivity index (χ1n) is 3.95. The molecule has 0 heterocycles. The van der Waals surface area contributed by atoms with Gasteiger partial charge in [0.1, 0.15) is 15.0 Å². The molecule has 0 unspecified atom stereocenters. The predicted molar refractivity (Wildman–Crippen MR) is 50.5 cm³/mol. The fourth-order valence-electron chi connectivity index (χ4n) is 1.12. The smallest absolute Gasteiger partial charge is 0.744 e. The van der Waals surface area contributed by atoms with Crippen molar-refractivity contribution in [1.29, 1.82) is 0 Å². The van der Waals surface area contributed by atoms with Crippen LogP contribution in [0.1, 0.15) is 11.1 Å². The van der Waals surface area contributed by atoms with Gasteiger partial charge >= 0.3 is 29.6 Å². The van der Waals surface area contributed by atoms with E-state index in [1.807, 2.05) is 0 Å². The molecule has 0 aliphatic rings. The minimum atomic E-state index is -4.81. The Hall–Kier alpha value is -0.470. The van der Waals surface area contributed by atoms with Crippen LogP contribution in [-0.2, 0) is 10.1 Å². The molecule has 16 heavy (non-hydrogen) atoms. The largest absolute Gasteiger partial charge is 1.00 e. The first-order chi connectivity index (χ1) is 6.73. The number of hydrogen-bond donors (Lipinski definition) is 0. The number of aryl methyl sites for hydroxylation is 2. The molecule has 8 heteroatoms. The SMILES string of the molecule is Cc1cc([N+](=O)[O-])c(S(=O)(=O)[O-])cc1C.[Na+]. The molecule has 6 nitrogen and oxygen atoms in total. The second-order valence-electron chi connectivity index (χ2n) is 3.12. The summed E-state index contributed by atoms with van der Waals surface area (Å²) in [5.74, 6) is 0. The average Bonchev–Trinajstić information content (AvgIpc) is 2.06. The monoisotopic (exact) mass is 253 g/mol. The van der Waals surface area contributed by atoms with Gasteiger partial charge in [-0.15, -0.1) is 0 Å². The molecule has 0 atom stereocenters. The zero-order chi connectivity index (χ0) is 11.8. The molecule has 0 saturated carbocycles. The molecule has 0 radical (unpaired) electrons. The van der Waals surface area contributed by atoms with Gasteiger partial charge in [0.05, 0.1) is 4.92 Å². The van der Waals surface area contributed by atoms with Crippen LogP contribution in [0, 0.1) is 24.0 Å². The Morgan fingerprint density at radius 3 is 2.00 bits per heavy atom. The quantitative estimate of drug-likeness (QED) is 0.266. The summed E-state index contributed by atoms with van der Waals surface area (Å²) in [6.07, 6.45) is 0. The van der Waals surface area contributed by atoms with E-state index >= 15 is 0 Å². The summed E-state index contributed by atoms with van der Waals surface area (Å²) in [5.41, 5.74) is 0.414. The summed E-state index contributed by atoms with van der Waals surface area (Å²) in [5, 5.41) is 10.5. The summed E-state index contributed by atoms with van der Waals surface area (Å²) >= 11 is 0. The zero-order valence-electron chi connectivity index (χ0n) is 9.05. The van der Waals surface area contributed by atoms with E-state index in [0.717, 1.165) is 12.1 Å². The fourth-order valence-corrected chi connectivity index (χ4v) is 1.83. The number of hydrogen-bond acceptors (Lipinski definition) is 5. The number of rotatable bonds is 2. The van der Waals surface area contributed by atoms with Gasteiger partial charge in [0, 0.05) is 6.07 Å². The second-order valence-corrected chi connectivity index (χ2v) is 4.46. The number of nitrogens with zero attached hydrogens (tertiary/aromatic N) is 1. The van der Waals surface area contributed by atoms with Gasteiger partial charge in [-0.25, -0.2) is 8.42 Å². The maximum Gasteiger partial charge on any atom is 1.00 e. The van der Waals surface area contributed by atoms with Gasteiger partial charge in [-0.2, -0.15) is 0 Å². The number of nitro groups is 1. The van der Waals surface area contributed by atoms with E-state index in [2.05, 4.69) is 0 Å². The van der Waals surface area contributed by atoms with Crippen LogP contribution in [0.4, 0.5) is 5.69 Å². The standard InChI is InChI=1S/C8H9NO5S.Na/c1-5-3-7(9(10)11)8(4-6(5)2)15(12,13)14;/h3-4H,1-2H3,(H,12,13,14);/q;+1/p-1. The first-order valence-corrected chi connectivity index (χ1v) is 5.36. The summed E-state index contributed by atoms with van der Waals surface area (Å²) < 4.78 is 32.3. The average molecular weight is 253 g/mol. The molecular formula is C8H8NNaO5S. The Bertz CT molecular complexity index is 525. The van der Waals surface area contributed by atoms with Crippen molar-refractivity contribution in [1.82, 2.24) is 0 Å². The van der Waals surface area contributed by atoms with E-state index < -0.39 is 25.6 Å². The third-order valence-corrected chi connectivity index (χ3v) is 2.91. The van der Waals surface area contributed by atoms with Crippen LogP contribution in [0.15, 0.2) is 17.0 Å². The van der Waals surface area contributed by atoms with E-state index in [-0.39, 0.29) is 29.6 Å². The number of nitro benzene ring substituents is 1. The van der Waals surface area contributed by atoms with Crippen LogP contribution >= 0.6 is 0 Å². The Labute approximate surface area is 115 Å². The van der Waals surface area contributed by atoms with E-state index in [1.54, 1.807) is 13.8 Å². The van der Waals surface area contributed by atoms with Gasteiger partial charge in [0.25, 0.3) is 5.69 Å². The molecule has 0 amide bonds. The topological polar surface area (TPSA) is 100 Å². The molecule has 1 aromatic carbocycles. The summed E-state index contributed by atoms with van der Waals surface area (Å²) in [6, 6.07) is 2.11. The molecule has 0 bridgehead atoms. The second kappa shape index (κ2) is 5.24. The van der Waals surface area contributed by atoms with Crippen LogP contribution in [-0.4, -0.2) is 17.9 Å². The molecule has 82 valence electrons. The van der Waals surface area contributed by atoms with Crippen LogP contribution in [0.2, 0.25) is 0 Å². The van der Waals surface area contributed by atoms with Crippen molar-refractivity contribution in [2.75, 3.05) is 0 Å². The minimum Gasteiger partial charge on any atom is -0.744 e. The molecule has 0 aliphatic heterocycles. The van der Waals surface area contributed by atoms with E-state index in [9.17, 15) is 23.1 Å². The van der Waals surface area contributed by atoms with E-state index in [0.29, 0.717) is 11.1 Å². The Morgan fingerprint density at radius 1 is 1.19 bits per heavy atom. The predicted octanol–water partition coefficient (Wildman–Crippen LogP) is -1.88. The maximum atomic E-state index is 10.8. The Morgan fingerprint density at radius 2 is 1.62 bits per heavy atom. The number of benzene rings is 1. The van der Waals surface area contributed by atoms with Crippen LogP contribution in [0.5, 0.6) is 0 Å². The van der Waals surface area contributed by atoms with Crippen molar-refractivity contribution in [2.24, 2.45) is 0 Å². The molecular weight excluding hydrogens is 245 g/mol. The Kier molecular flexibility index (Phi) is 5.09. The fraction of sp³-hybridized carbons (Fsp3) is 0.250. The summed E-state index contributed by atoms with van der Waals surface area (Å²) in [7, 11) is -4.81. The van der Waals surface area contributed by atoms with Gasteiger partial charge in [-0.1, -0.05) is 0 Å². The molecule has 0 saturated heterocycles. The van der Waals surface area contributed by atoms with Crippen molar-refractivity contribution >= 4 is 15.8 Å². The van der Waals surface area contributed by atoms with Crippen molar-refractivity contribution in [3.8, 4) is 0 Å². The van der Waals surface area contributed by atoms with Crippen molar-refractivity contribution in [3.05, 3.63) is 33.4 Å². The normalized spacial score (nSPS) is 10.7. The maximum absolute atomic E-state index is 10.8. The van der Waals surface area contributed by atoms with Gasteiger partial charge in [-0.05, 0) is 31.0 Å². The third kappa shape index (κ3) is 3.26. The molecule has 0 aromatic heterocycles. The van der Waals surface area contributed by atoms with Crippen molar-refractivity contribution < 1.29 is 47.5 Å². The summed E-state index contributed by atoms with van der Waals surface area (Å²) in [4.78, 5) is 8.87. The molecule has 1 rings (SSSR count). The zero-order valence-corrected chi connectivity index (χ0v) is 11.9. The van der Waals surface area contributed by atoms with Crippen LogP contribution < -0.4 is 29.6 Å². The third-order valence-electron chi connectivity index (χ3n) is 2.04. The molecule has 0 aliphatic carbocycles. The van der Waals surface area contributed by atoms with Gasteiger partial charge < -0.3 is 4.55 Å². The van der Waals surface area contributed by atoms with Crippen LogP contribution in [0.3, 0.4) is 0 Å². The summed E-state index contributed by atoms with van der Waals surface area (Å²) in [6.45, 7) is 3.18. The van der Waals surface area contributed by atoms with Crippen molar-refractivity contribution in [2.45, 2.75) is 18.7 Å². The van der Waals surface area contributed by atoms with E-state index in [1.165, 1.54) is 0 Å². The molecule has 0 N–H and O–H groups in total. The minimum absolute atomic E-state index is 0. The van der Waals surface area contributed by atoms with Crippen LogP contribution in [0.25, 0.3) is 0 Å². The first kappa shape index (κ1) is 15.5. The molecule has 1 aromatic rings. The van der Waals surface area contributed by atoms with Crippen molar-refractivity contribution in [3.63, 3.8) is 0 Å². The van der Waals surface area contributed by atoms with Gasteiger partial charge in [-0.3, -0.25) is 10.1 Å². The van der Waals surface area contributed by atoms with Gasteiger partial charge in [0.15, 0.2) is 0 Å². The molecule has 0 fully saturated rings. The van der Waals surface area contributed by atoms with Gasteiger partial charge in [0.2, 0.25) is 0 Å². The van der Waals surface area contributed by atoms with E-state index in [4.69, 9.17) is 0 Å². The molecule has 0 spiro atoms. The Balaban J connectivity index is 0.00000225.